The molecule has 88 valence electrons. The molecule has 1 aliphatic rings. The SMILES string of the molecule is CC1=NN(c2ccc(CN)cc2)CCC1[CH2][Tl]. The zero-order chi connectivity index (χ0) is 12.3. The first-order valence-electron chi connectivity index (χ1n) is 6.06. The quantitative estimate of drug-likeness (QED) is 0.760. The van der Waals surface area contributed by atoms with Crippen LogP contribution in [0.3, 0.4) is 0 Å². The van der Waals surface area contributed by atoms with Crippen LogP contribution in [-0.2, 0) is 6.54 Å². The van der Waals surface area contributed by atoms with Gasteiger partial charge in [0.2, 0.25) is 0 Å². The Bertz CT molecular complexity index is 400. The van der Waals surface area contributed by atoms with Crippen molar-refractivity contribution >= 4 is 37.2 Å². The molecule has 2 N–H and O–H groups in total. The van der Waals surface area contributed by atoms with Gasteiger partial charge in [-0.25, -0.2) is 0 Å². The van der Waals surface area contributed by atoms with Crippen molar-refractivity contribution in [3.05, 3.63) is 29.8 Å². The second-order valence-corrected chi connectivity index (χ2v) is 6.29. The summed E-state index contributed by atoms with van der Waals surface area (Å²) >= 11 is 1.07. The fourth-order valence-corrected chi connectivity index (χ4v) is 4.33. The molecule has 0 bridgehead atoms. The summed E-state index contributed by atoms with van der Waals surface area (Å²) in [6.07, 6.45) is 1.24. The van der Waals surface area contributed by atoms with Crippen LogP contribution in [-0.4, -0.2) is 38.0 Å². The van der Waals surface area contributed by atoms with E-state index in [0.29, 0.717) is 6.54 Å². The number of nitrogens with two attached hydrogens (primary N) is 1. The van der Waals surface area contributed by atoms with Crippen molar-refractivity contribution in [1.29, 1.82) is 0 Å². The summed E-state index contributed by atoms with van der Waals surface area (Å²) in [6, 6.07) is 8.39. The second-order valence-electron chi connectivity index (χ2n) is 4.46. The van der Waals surface area contributed by atoms with E-state index in [1.54, 1.807) is 0 Å². The van der Waals surface area contributed by atoms with Gasteiger partial charge >= 0.3 is 119 Å². The Labute approximate surface area is 119 Å². The third kappa shape index (κ3) is 3.07. The average Bonchev–Trinajstić information content (AvgIpc) is 2.39. The van der Waals surface area contributed by atoms with Crippen LogP contribution in [0, 0.1) is 5.92 Å². The zero-order valence-electron chi connectivity index (χ0n) is 10.3. The van der Waals surface area contributed by atoms with E-state index < -0.39 is 0 Å². The average molecular weight is 421 g/mol. The monoisotopic (exact) mass is 421 g/mol. The molecule has 0 aromatic heterocycles. The minimum absolute atomic E-state index is 0.603. The number of rotatable bonds is 3. The third-order valence-corrected chi connectivity index (χ3v) is 5.53. The standard InChI is InChI=1S/C13H18N3.Tl/c1-10-7-8-16(15-11(10)2)13-5-3-12(9-14)4-6-13;/h3-6,10H,1,7-9,14H2,2H3;. The molecular formula is C13H18N3Tl. The van der Waals surface area contributed by atoms with Crippen LogP contribution in [0.2, 0.25) is 3.98 Å². The Balaban J connectivity index is 2.15. The normalized spacial score (nSPS) is 20.2. The Morgan fingerprint density at radius 1 is 1.41 bits per heavy atom. The molecule has 0 saturated heterocycles. The molecule has 0 amide bonds. The van der Waals surface area contributed by atoms with E-state index >= 15 is 0 Å². The molecule has 3 nitrogen and oxygen atoms in total. The van der Waals surface area contributed by atoms with Gasteiger partial charge in [-0.3, -0.25) is 0 Å². The summed E-state index contributed by atoms with van der Waals surface area (Å²) < 4.78 is 1.36. The van der Waals surface area contributed by atoms with E-state index in [1.165, 1.54) is 27.4 Å². The molecule has 1 aromatic carbocycles. The number of hydrogen-bond acceptors (Lipinski definition) is 3. The first-order valence-corrected chi connectivity index (χ1v) is 9.23. The molecular weight excluding hydrogens is 403 g/mol. The molecule has 0 spiro atoms. The van der Waals surface area contributed by atoms with Gasteiger partial charge in [-0.2, -0.15) is 0 Å². The van der Waals surface area contributed by atoms with Crippen LogP contribution in [0.5, 0.6) is 0 Å². The molecule has 0 saturated carbocycles. The van der Waals surface area contributed by atoms with Gasteiger partial charge in [0.05, 0.1) is 0 Å². The van der Waals surface area contributed by atoms with Gasteiger partial charge in [0.15, 0.2) is 0 Å². The van der Waals surface area contributed by atoms with Crippen molar-refractivity contribution in [2.75, 3.05) is 11.6 Å². The number of benzene rings is 1. The van der Waals surface area contributed by atoms with Crippen molar-refractivity contribution in [3.8, 4) is 0 Å². The van der Waals surface area contributed by atoms with Gasteiger partial charge in [0.25, 0.3) is 0 Å². The van der Waals surface area contributed by atoms with E-state index in [4.69, 9.17) is 10.8 Å². The molecule has 1 aromatic rings. The summed E-state index contributed by atoms with van der Waals surface area (Å²) in [7, 11) is 0. The van der Waals surface area contributed by atoms with Crippen molar-refractivity contribution in [3.63, 3.8) is 0 Å². The number of hydrogen-bond donors (Lipinski definition) is 1. The predicted octanol–water partition coefficient (Wildman–Crippen LogP) is 1.93. The number of nitrogens with zero attached hydrogens (tertiary/aromatic N) is 2. The van der Waals surface area contributed by atoms with Gasteiger partial charge in [0, 0.05) is 0 Å². The molecule has 17 heavy (non-hydrogen) atoms. The Kier molecular flexibility index (Phi) is 4.56. The minimum atomic E-state index is 0.603. The van der Waals surface area contributed by atoms with E-state index in [0.717, 1.165) is 38.2 Å². The van der Waals surface area contributed by atoms with Crippen LogP contribution in [0.15, 0.2) is 29.4 Å². The van der Waals surface area contributed by atoms with Crippen LogP contribution >= 0.6 is 0 Å². The Morgan fingerprint density at radius 2 is 2.12 bits per heavy atom. The van der Waals surface area contributed by atoms with Crippen LogP contribution in [0.1, 0.15) is 18.9 Å². The van der Waals surface area contributed by atoms with Crippen molar-refractivity contribution in [2.45, 2.75) is 23.9 Å². The van der Waals surface area contributed by atoms with Crippen molar-refractivity contribution in [2.24, 2.45) is 16.8 Å². The van der Waals surface area contributed by atoms with Gasteiger partial charge in [-0.05, 0) is 0 Å². The molecule has 1 unspecified atom stereocenters. The van der Waals surface area contributed by atoms with Gasteiger partial charge in [0.1, 0.15) is 0 Å². The summed E-state index contributed by atoms with van der Waals surface area (Å²) in [5, 5.41) is 6.82. The number of anilines is 1. The van der Waals surface area contributed by atoms with Crippen molar-refractivity contribution < 1.29 is 0 Å². The van der Waals surface area contributed by atoms with E-state index in [2.05, 4.69) is 36.2 Å². The van der Waals surface area contributed by atoms with Crippen LogP contribution < -0.4 is 10.7 Å². The van der Waals surface area contributed by atoms with E-state index in [-0.39, 0.29) is 0 Å². The molecule has 1 aliphatic heterocycles. The Hall–Kier alpha value is -0.428. The zero-order valence-corrected chi connectivity index (χ0v) is 14.8. The van der Waals surface area contributed by atoms with Crippen molar-refractivity contribution in [1.82, 2.24) is 0 Å². The molecule has 0 fully saturated rings. The van der Waals surface area contributed by atoms with Gasteiger partial charge < -0.3 is 0 Å². The van der Waals surface area contributed by atoms with E-state index in [9.17, 15) is 0 Å². The topological polar surface area (TPSA) is 41.6 Å². The van der Waals surface area contributed by atoms with E-state index in [1.807, 2.05) is 0 Å². The third-order valence-electron chi connectivity index (χ3n) is 3.31. The maximum atomic E-state index is 5.60. The fourth-order valence-electron chi connectivity index (χ4n) is 2.09. The summed E-state index contributed by atoms with van der Waals surface area (Å²) in [5.74, 6) is 0.736. The molecule has 1 heterocycles. The first kappa shape index (κ1) is 13.0. The van der Waals surface area contributed by atoms with Gasteiger partial charge in [-0.1, -0.05) is 0 Å². The summed E-state index contributed by atoms with van der Waals surface area (Å²) in [4.78, 5) is 0. The number of hydrazone groups is 1. The Morgan fingerprint density at radius 3 is 2.65 bits per heavy atom. The molecule has 0 radical (unpaired) electrons. The molecule has 0 aliphatic carbocycles. The fraction of sp³-hybridized carbons (Fsp3) is 0.462. The van der Waals surface area contributed by atoms with Gasteiger partial charge in [-0.15, -0.1) is 0 Å². The predicted molar refractivity (Wildman–Crippen MR) is 73.5 cm³/mol. The summed E-state index contributed by atoms with van der Waals surface area (Å²) in [6.45, 7) is 3.80. The summed E-state index contributed by atoms with van der Waals surface area (Å²) in [5.41, 5.74) is 9.24. The van der Waals surface area contributed by atoms with Crippen LogP contribution in [0.4, 0.5) is 5.69 Å². The molecule has 4 heteroatoms. The second kappa shape index (κ2) is 5.95. The van der Waals surface area contributed by atoms with Crippen LogP contribution in [0.25, 0.3) is 0 Å². The molecule has 1 atom stereocenters. The first-order chi connectivity index (χ1) is 8.24. The maximum absolute atomic E-state index is 5.60. The molecule has 2 rings (SSSR count).